The largest absolute Gasteiger partial charge is 0.379 e. The van der Waals surface area contributed by atoms with Crippen LogP contribution in [0.4, 0.5) is 5.69 Å². The Kier molecular flexibility index (Phi) is 8.53. The number of nitrogens with one attached hydrogen (secondary N) is 1. The highest BCUT2D eigenvalue weighted by molar-refractivity contribution is 14.0. The minimum Gasteiger partial charge on any atom is -0.379 e. The van der Waals surface area contributed by atoms with Crippen LogP contribution in [0.25, 0.3) is 0 Å². The van der Waals surface area contributed by atoms with Gasteiger partial charge in [-0.05, 0) is 48.2 Å². The van der Waals surface area contributed by atoms with Crippen molar-refractivity contribution in [3.63, 3.8) is 0 Å². The summed E-state index contributed by atoms with van der Waals surface area (Å²) < 4.78 is 5.41. The molecule has 0 spiro atoms. The molecule has 0 saturated carbocycles. The van der Waals surface area contributed by atoms with Gasteiger partial charge < -0.3 is 15.8 Å². The number of hydrogen-bond donors (Lipinski definition) is 2. The monoisotopic (exact) mass is 480 g/mol. The van der Waals surface area contributed by atoms with Gasteiger partial charge in [0.15, 0.2) is 5.96 Å². The summed E-state index contributed by atoms with van der Waals surface area (Å²) in [5.41, 5.74) is 11.9. The van der Waals surface area contributed by atoms with Crippen LogP contribution in [-0.4, -0.2) is 37.2 Å². The van der Waals surface area contributed by atoms with Crippen molar-refractivity contribution in [3.05, 3.63) is 64.7 Å². The number of morpholine rings is 1. The molecule has 1 heterocycles. The average Bonchev–Trinajstić information content (AvgIpc) is 2.60. The molecule has 1 fully saturated rings. The fourth-order valence-electron chi connectivity index (χ4n) is 3.25. The summed E-state index contributed by atoms with van der Waals surface area (Å²) in [5.74, 6) is 0.439. The highest BCUT2D eigenvalue weighted by Crippen LogP contribution is 2.14. The number of rotatable bonds is 5. The van der Waals surface area contributed by atoms with E-state index in [2.05, 4.69) is 71.5 Å². The smallest absolute Gasteiger partial charge is 0.193 e. The first-order valence-electron chi connectivity index (χ1n) is 9.12. The van der Waals surface area contributed by atoms with Gasteiger partial charge in [-0.25, -0.2) is 4.99 Å². The summed E-state index contributed by atoms with van der Waals surface area (Å²) in [6, 6.07) is 14.8. The van der Waals surface area contributed by atoms with Gasteiger partial charge in [-0.2, -0.15) is 0 Å². The van der Waals surface area contributed by atoms with Gasteiger partial charge in [0.2, 0.25) is 0 Å². The van der Waals surface area contributed by atoms with E-state index in [9.17, 15) is 0 Å². The van der Waals surface area contributed by atoms with E-state index >= 15 is 0 Å². The lowest BCUT2D eigenvalue weighted by Crippen LogP contribution is -2.35. The highest BCUT2D eigenvalue weighted by Gasteiger charge is 2.10. The topological polar surface area (TPSA) is 62.9 Å². The van der Waals surface area contributed by atoms with Gasteiger partial charge in [-0.3, -0.25) is 4.90 Å². The summed E-state index contributed by atoms with van der Waals surface area (Å²) in [6.07, 6.45) is 0. The molecule has 0 bridgehead atoms. The molecule has 2 aromatic rings. The van der Waals surface area contributed by atoms with Crippen LogP contribution in [0, 0.1) is 13.8 Å². The molecule has 0 aromatic heterocycles. The molecule has 1 aliphatic heterocycles. The zero-order valence-corrected chi connectivity index (χ0v) is 18.4. The molecule has 1 saturated heterocycles. The summed E-state index contributed by atoms with van der Waals surface area (Å²) in [6.45, 7) is 9.31. The lowest BCUT2D eigenvalue weighted by molar-refractivity contribution is 0.0342. The van der Waals surface area contributed by atoms with Crippen molar-refractivity contribution in [2.24, 2.45) is 10.7 Å². The van der Waals surface area contributed by atoms with E-state index in [0.29, 0.717) is 12.5 Å². The van der Waals surface area contributed by atoms with Crippen molar-refractivity contribution in [3.8, 4) is 0 Å². The Hall–Kier alpha value is -1.64. The number of aliphatic imine (C=N–C) groups is 1. The Balaban J connectivity index is 0.00000261. The Labute approximate surface area is 179 Å². The Morgan fingerprint density at radius 1 is 1.07 bits per heavy atom. The Morgan fingerprint density at radius 3 is 2.44 bits per heavy atom. The SMILES string of the molecule is Cc1cc(C)cc(NC(N)=NCc2cccc(CN3CCOCC3)c2)c1.I. The zero-order chi connectivity index (χ0) is 18.4. The first kappa shape index (κ1) is 21.7. The molecule has 3 rings (SSSR count). The predicted molar refractivity (Wildman–Crippen MR) is 123 cm³/mol. The van der Waals surface area contributed by atoms with Gasteiger partial charge >= 0.3 is 0 Å². The van der Waals surface area contributed by atoms with E-state index in [1.807, 2.05) is 0 Å². The van der Waals surface area contributed by atoms with Gasteiger partial charge in [0, 0.05) is 25.3 Å². The molecule has 3 N–H and O–H groups in total. The lowest BCUT2D eigenvalue weighted by atomic mass is 10.1. The number of anilines is 1. The molecule has 0 atom stereocenters. The van der Waals surface area contributed by atoms with Crippen molar-refractivity contribution in [2.75, 3.05) is 31.6 Å². The van der Waals surface area contributed by atoms with Gasteiger partial charge in [0.25, 0.3) is 0 Å². The molecule has 0 amide bonds. The fraction of sp³-hybridized carbons (Fsp3) is 0.381. The van der Waals surface area contributed by atoms with Gasteiger partial charge in [0.05, 0.1) is 19.8 Å². The summed E-state index contributed by atoms with van der Waals surface area (Å²) in [4.78, 5) is 6.91. The highest BCUT2D eigenvalue weighted by atomic mass is 127. The summed E-state index contributed by atoms with van der Waals surface area (Å²) >= 11 is 0. The molecule has 27 heavy (non-hydrogen) atoms. The summed E-state index contributed by atoms with van der Waals surface area (Å²) in [5, 5.41) is 3.18. The van der Waals surface area contributed by atoms with Crippen LogP contribution in [0.2, 0.25) is 0 Å². The van der Waals surface area contributed by atoms with Crippen LogP contribution in [0.1, 0.15) is 22.3 Å². The predicted octanol–water partition coefficient (Wildman–Crippen LogP) is 3.68. The number of benzene rings is 2. The molecule has 0 aliphatic carbocycles. The third kappa shape index (κ3) is 7.12. The van der Waals surface area contributed by atoms with Crippen LogP contribution in [0.3, 0.4) is 0 Å². The first-order chi connectivity index (χ1) is 12.6. The Morgan fingerprint density at radius 2 is 1.74 bits per heavy atom. The van der Waals surface area contributed by atoms with Crippen molar-refractivity contribution in [2.45, 2.75) is 26.9 Å². The van der Waals surface area contributed by atoms with E-state index in [4.69, 9.17) is 10.5 Å². The number of guanidine groups is 1. The quantitative estimate of drug-likeness (QED) is 0.390. The van der Waals surface area contributed by atoms with Crippen molar-refractivity contribution >= 4 is 35.6 Å². The van der Waals surface area contributed by atoms with E-state index in [-0.39, 0.29) is 24.0 Å². The van der Waals surface area contributed by atoms with E-state index in [0.717, 1.165) is 38.5 Å². The van der Waals surface area contributed by atoms with Gasteiger partial charge in [-0.1, -0.05) is 30.3 Å². The molecule has 2 aromatic carbocycles. The van der Waals surface area contributed by atoms with Crippen LogP contribution in [0.5, 0.6) is 0 Å². The minimum atomic E-state index is 0. The van der Waals surface area contributed by atoms with Gasteiger partial charge in [0.1, 0.15) is 0 Å². The molecule has 0 radical (unpaired) electrons. The molecule has 1 aliphatic rings. The standard InChI is InChI=1S/C21H28N4O.HI/c1-16-10-17(2)12-20(11-16)24-21(22)23-14-18-4-3-5-19(13-18)15-25-6-8-26-9-7-25;/h3-5,10-13H,6-9,14-15H2,1-2H3,(H3,22,23,24);1H. The summed E-state index contributed by atoms with van der Waals surface area (Å²) in [7, 11) is 0. The van der Waals surface area contributed by atoms with Crippen LogP contribution in [0.15, 0.2) is 47.5 Å². The average molecular weight is 480 g/mol. The van der Waals surface area contributed by atoms with E-state index in [1.54, 1.807) is 0 Å². The third-order valence-electron chi connectivity index (χ3n) is 4.43. The minimum absolute atomic E-state index is 0. The number of ether oxygens (including phenoxy) is 1. The number of nitrogens with zero attached hydrogens (tertiary/aromatic N) is 2. The van der Waals surface area contributed by atoms with Crippen molar-refractivity contribution < 1.29 is 4.74 Å². The molecule has 146 valence electrons. The van der Waals surface area contributed by atoms with E-state index in [1.165, 1.54) is 22.3 Å². The maximum Gasteiger partial charge on any atom is 0.193 e. The van der Waals surface area contributed by atoms with Gasteiger partial charge in [-0.15, -0.1) is 24.0 Å². The third-order valence-corrected chi connectivity index (χ3v) is 4.43. The second-order valence-electron chi connectivity index (χ2n) is 6.91. The van der Waals surface area contributed by atoms with Crippen LogP contribution < -0.4 is 11.1 Å². The van der Waals surface area contributed by atoms with E-state index < -0.39 is 0 Å². The molecular formula is C21H29IN4O. The number of aryl methyl sites for hydroxylation is 2. The lowest BCUT2D eigenvalue weighted by Gasteiger charge is -2.26. The first-order valence-corrected chi connectivity index (χ1v) is 9.12. The molecule has 5 nitrogen and oxygen atoms in total. The molecular weight excluding hydrogens is 451 g/mol. The Bertz CT molecular complexity index is 752. The van der Waals surface area contributed by atoms with Crippen LogP contribution >= 0.6 is 24.0 Å². The zero-order valence-electron chi connectivity index (χ0n) is 16.1. The second kappa shape index (κ2) is 10.6. The maximum atomic E-state index is 6.06. The number of nitrogens with two attached hydrogens (primary N) is 1. The molecule has 6 heteroatoms. The maximum absolute atomic E-state index is 6.06. The van der Waals surface area contributed by atoms with Crippen molar-refractivity contribution in [1.82, 2.24) is 4.90 Å². The molecule has 0 unspecified atom stereocenters. The second-order valence-corrected chi connectivity index (χ2v) is 6.91. The number of hydrogen-bond acceptors (Lipinski definition) is 3. The van der Waals surface area contributed by atoms with Crippen LogP contribution in [-0.2, 0) is 17.8 Å². The normalized spacial score (nSPS) is 15.3. The van der Waals surface area contributed by atoms with Crippen molar-refractivity contribution in [1.29, 1.82) is 0 Å². The fourth-order valence-corrected chi connectivity index (χ4v) is 3.25. The number of halogens is 1.